The zero-order valence-electron chi connectivity index (χ0n) is 13.5. The fourth-order valence-corrected chi connectivity index (χ4v) is 2.23. The number of nitrogens with zero attached hydrogens (tertiary/aromatic N) is 3. The average Bonchev–Trinajstić information content (AvgIpc) is 2.53. The Balaban J connectivity index is 2.39. The van der Waals surface area contributed by atoms with E-state index in [1.54, 1.807) is 20.3 Å². The standard InChI is InChI=1S/C15H23N5O2/c1-17-6-5-7-20(2)15-18-11-9-13(22-4)12(21-3)8-10(11)14(16)19-15/h8-9,17H,5-7H2,1-4H3,(H2,16,18,19). The molecule has 1 heterocycles. The van der Waals surface area contributed by atoms with Crippen molar-refractivity contribution in [2.75, 3.05) is 52.0 Å². The van der Waals surface area contributed by atoms with E-state index in [0.717, 1.165) is 30.4 Å². The number of benzene rings is 1. The number of fused-ring (bicyclic) bond motifs is 1. The molecule has 0 saturated carbocycles. The number of nitrogens with one attached hydrogen (secondary N) is 1. The molecule has 120 valence electrons. The van der Waals surface area contributed by atoms with Crippen molar-refractivity contribution in [2.24, 2.45) is 0 Å². The highest BCUT2D eigenvalue weighted by molar-refractivity contribution is 5.91. The number of nitrogens with two attached hydrogens (primary N) is 1. The summed E-state index contributed by atoms with van der Waals surface area (Å²) >= 11 is 0. The van der Waals surface area contributed by atoms with Crippen LogP contribution in [0.15, 0.2) is 12.1 Å². The van der Waals surface area contributed by atoms with Crippen LogP contribution in [0.1, 0.15) is 6.42 Å². The van der Waals surface area contributed by atoms with Gasteiger partial charge in [-0.2, -0.15) is 4.98 Å². The van der Waals surface area contributed by atoms with Gasteiger partial charge in [0.1, 0.15) is 5.82 Å². The molecule has 0 amide bonds. The zero-order chi connectivity index (χ0) is 16.1. The molecule has 22 heavy (non-hydrogen) atoms. The molecule has 0 unspecified atom stereocenters. The molecule has 0 aliphatic heterocycles. The Bertz CT molecular complexity index is 647. The zero-order valence-corrected chi connectivity index (χ0v) is 13.5. The first-order valence-electron chi connectivity index (χ1n) is 7.15. The number of ether oxygens (including phenoxy) is 2. The summed E-state index contributed by atoms with van der Waals surface area (Å²) in [7, 11) is 7.07. The molecule has 1 aromatic heterocycles. The Kier molecular flexibility index (Phi) is 5.21. The Labute approximate surface area is 130 Å². The molecule has 3 N–H and O–H groups in total. The van der Waals surface area contributed by atoms with Gasteiger partial charge in [-0.3, -0.25) is 0 Å². The van der Waals surface area contributed by atoms with Crippen LogP contribution in [0.25, 0.3) is 10.9 Å². The Morgan fingerprint density at radius 3 is 2.50 bits per heavy atom. The van der Waals surface area contributed by atoms with Crippen molar-refractivity contribution in [1.82, 2.24) is 15.3 Å². The first kappa shape index (κ1) is 16.1. The van der Waals surface area contributed by atoms with E-state index in [9.17, 15) is 0 Å². The van der Waals surface area contributed by atoms with E-state index in [4.69, 9.17) is 15.2 Å². The van der Waals surface area contributed by atoms with Crippen LogP contribution in [-0.2, 0) is 0 Å². The highest BCUT2D eigenvalue weighted by Gasteiger charge is 2.13. The fraction of sp³-hybridized carbons (Fsp3) is 0.467. The molecule has 2 aromatic rings. The summed E-state index contributed by atoms with van der Waals surface area (Å²) in [5.41, 5.74) is 6.81. The second-order valence-electron chi connectivity index (χ2n) is 5.01. The first-order chi connectivity index (χ1) is 10.6. The van der Waals surface area contributed by atoms with Gasteiger partial charge in [-0.05, 0) is 26.1 Å². The second kappa shape index (κ2) is 7.13. The van der Waals surface area contributed by atoms with Gasteiger partial charge in [-0.25, -0.2) is 4.98 Å². The molecular formula is C15H23N5O2. The maximum Gasteiger partial charge on any atom is 0.227 e. The predicted octanol–water partition coefficient (Wildman–Crippen LogP) is 1.27. The van der Waals surface area contributed by atoms with Gasteiger partial charge >= 0.3 is 0 Å². The summed E-state index contributed by atoms with van der Waals surface area (Å²) in [4.78, 5) is 11.0. The lowest BCUT2D eigenvalue weighted by Gasteiger charge is -2.18. The highest BCUT2D eigenvalue weighted by Crippen LogP contribution is 2.33. The van der Waals surface area contributed by atoms with E-state index in [1.807, 2.05) is 25.1 Å². The van der Waals surface area contributed by atoms with Crippen molar-refractivity contribution in [3.05, 3.63) is 12.1 Å². The topological polar surface area (TPSA) is 85.5 Å². The van der Waals surface area contributed by atoms with Crippen LogP contribution in [0.2, 0.25) is 0 Å². The van der Waals surface area contributed by atoms with E-state index >= 15 is 0 Å². The summed E-state index contributed by atoms with van der Waals surface area (Å²) < 4.78 is 10.6. The molecule has 7 heteroatoms. The lowest BCUT2D eigenvalue weighted by Crippen LogP contribution is -2.24. The normalized spacial score (nSPS) is 10.7. The number of nitrogen functional groups attached to an aromatic ring is 1. The van der Waals surface area contributed by atoms with Crippen molar-refractivity contribution in [1.29, 1.82) is 0 Å². The number of rotatable bonds is 7. The molecule has 0 aliphatic rings. The van der Waals surface area contributed by atoms with Crippen molar-refractivity contribution in [3.8, 4) is 11.5 Å². The minimum absolute atomic E-state index is 0.432. The third-order valence-electron chi connectivity index (χ3n) is 3.48. The summed E-state index contributed by atoms with van der Waals surface area (Å²) in [6.45, 7) is 1.79. The third-order valence-corrected chi connectivity index (χ3v) is 3.48. The minimum Gasteiger partial charge on any atom is -0.493 e. The second-order valence-corrected chi connectivity index (χ2v) is 5.01. The highest BCUT2D eigenvalue weighted by atomic mass is 16.5. The minimum atomic E-state index is 0.432. The Morgan fingerprint density at radius 1 is 1.18 bits per heavy atom. The van der Waals surface area contributed by atoms with E-state index in [-0.39, 0.29) is 0 Å². The number of anilines is 2. The van der Waals surface area contributed by atoms with Gasteiger partial charge in [-0.15, -0.1) is 0 Å². The monoisotopic (exact) mass is 305 g/mol. The lowest BCUT2D eigenvalue weighted by atomic mass is 10.2. The molecule has 0 aliphatic carbocycles. The molecule has 1 aromatic carbocycles. The molecule has 0 radical (unpaired) electrons. The van der Waals surface area contributed by atoms with Gasteiger partial charge in [0.25, 0.3) is 0 Å². The van der Waals surface area contributed by atoms with Crippen molar-refractivity contribution >= 4 is 22.7 Å². The number of hydrogen-bond donors (Lipinski definition) is 2. The van der Waals surface area contributed by atoms with Crippen LogP contribution >= 0.6 is 0 Å². The summed E-state index contributed by atoms with van der Waals surface area (Å²) in [5, 5.41) is 3.88. The molecule has 0 saturated heterocycles. The number of aromatic nitrogens is 2. The van der Waals surface area contributed by atoms with Gasteiger partial charge in [0.15, 0.2) is 11.5 Å². The van der Waals surface area contributed by atoms with Crippen molar-refractivity contribution in [2.45, 2.75) is 6.42 Å². The largest absolute Gasteiger partial charge is 0.493 e. The quantitative estimate of drug-likeness (QED) is 0.745. The molecule has 0 atom stereocenters. The SMILES string of the molecule is CNCCCN(C)c1nc(N)c2cc(OC)c(OC)cc2n1. The summed E-state index contributed by atoms with van der Waals surface area (Å²) in [6.07, 6.45) is 1.00. The van der Waals surface area contributed by atoms with Crippen LogP contribution in [0, 0.1) is 0 Å². The number of hydrogen-bond acceptors (Lipinski definition) is 7. The van der Waals surface area contributed by atoms with Gasteiger partial charge in [0.2, 0.25) is 5.95 Å². The summed E-state index contributed by atoms with van der Waals surface area (Å²) in [5.74, 6) is 2.27. The van der Waals surface area contributed by atoms with Gasteiger partial charge in [0, 0.05) is 25.0 Å². The Morgan fingerprint density at radius 2 is 1.86 bits per heavy atom. The lowest BCUT2D eigenvalue weighted by molar-refractivity contribution is 0.356. The van der Waals surface area contributed by atoms with Crippen LogP contribution in [0.3, 0.4) is 0 Å². The fourth-order valence-electron chi connectivity index (χ4n) is 2.23. The molecule has 0 spiro atoms. The van der Waals surface area contributed by atoms with Crippen LogP contribution in [0.4, 0.5) is 11.8 Å². The van der Waals surface area contributed by atoms with Gasteiger partial charge in [-0.1, -0.05) is 0 Å². The third kappa shape index (κ3) is 3.30. The number of methoxy groups -OCH3 is 2. The van der Waals surface area contributed by atoms with Crippen molar-refractivity contribution in [3.63, 3.8) is 0 Å². The van der Waals surface area contributed by atoms with E-state index in [0.29, 0.717) is 23.3 Å². The molecule has 0 fully saturated rings. The van der Waals surface area contributed by atoms with Crippen molar-refractivity contribution < 1.29 is 9.47 Å². The van der Waals surface area contributed by atoms with Crippen LogP contribution < -0.4 is 25.4 Å². The average molecular weight is 305 g/mol. The molecule has 2 rings (SSSR count). The van der Waals surface area contributed by atoms with Gasteiger partial charge < -0.3 is 25.4 Å². The Hall–Kier alpha value is -2.28. The van der Waals surface area contributed by atoms with E-state index < -0.39 is 0 Å². The van der Waals surface area contributed by atoms with Crippen LogP contribution in [0.5, 0.6) is 11.5 Å². The first-order valence-corrected chi connectivity index (χ1v) is 7.15. The van der Waals surface area contributed by atoms with Gasteiger partial charge in [0.05, 0.1) is 19.7 Å². The summed E-state index contributed by atoms with van der Waals surface area (Å²) in [6, 6.07) is 3.62. The maximum absolute atomic E-state index is 6.08. The molecule has 7 nitrogen and oxygen atoms in total. The van der Waals surface area contributed by atoms with Crippen LogP contribution in [-0.4, -0.2) is 51.4 Å². The maximum atomic E-state index is 6.08. The van der Waals surface area contributed by atoms with E-state index in [1.165, 1.54) is 0 Å². The predicted molar refractivity (Wildman–Crippen MR) is 88.9 cm³/mol. The smallest absolute Gasteiger partial charge is 0.227 e. The van der Waals surface area contributed by atoms with E-state index in [2.05, 4.69) is 15.3 Å². The molecular weight excluding hydrogens is 282 g/mol. The molecule has 0 bridgehead atoms.